The zero-order valence-electron chi connectivity index (χ0n) is 23.1. The van der Waals surface area contributed by atoms with Crippen molar-refractivity contribution in [1.82, 2.24) is 19.6 Å². The van der Waals surface area contributed by atoms with E-state index in [1.165, 1.54) is 7.11 Å². The number of aromatic nitrogens is 2. The van der Waals surface area contributed by atoms with Crippen LogP contribution < -0.4 is 9.64 Å². The minimum absolute atomic E-state index is 0.0527. The number of nitro benzene ring substituents is 1. The number of anilines is 1. The van der Waals surface area contributed by atoms with Gasteiger partial charge >= 0.3 is 11.8 Å². The van der Waals surface area contributed by atoms with Gasteiger partial charge in [-0.2, -0.15) is 5.10 Å². The fourth-order valence-electron chi connectivity index (χ4n) is 5.56. The third-order valence-electron chi connectivity index (χ3n) is 7.82. The molecule has 40 heavy (non-hydrogen) atoms. The number of amides is 1. The monoisotopic (exact) mass is 548 g/mol. The molecule has 2 saturated heterocycles. The fraction of sp³-hybridized carbons (Fsp3) is 0.448. The van der Waals surface area contributed by atoms with E-state index >= 15 is 0 Å². The Morgan fingerprint density at radius 3 is 2.42 bits per heavy atom. The maximum absolute atomic E-state index is 12.5. The summed E-state index contributed by atoms with van der Waals surface area (Å²) in [6.45, 7) is 6.01. The molecule has 1 aromatic heterocycles. The van der Waals surface area contributed by atoms with Gasteiger partial charge in [0.15, 0.2) is 5.75 Å². The normalized spacial score (nSPS) is 16.6. The maximum Gasteiger partial charge on any atom is 0.410 e. The van der Waals surface area contributed by atoms with E-state index in [1.54, 1.807) is 27.9 Å². The lowest BCUT2D eigenvalue weighted by atomic mass is 9.94. The van der Waals surface area contributed by atoms with Crippen molar-refractivity contribution in [2.75, 3.05) is 57.8 Å². The maximum atomic E-state index is 12.5. The van der Waals surface area contributed by atoms with Crippen molar-refractivity contribution in [3.8, 4) is 16.9 Å². The second-order valence-electron chi connectivity index (χ2n) is 10.5. The van der Waals surface area contributed by atoms with Crippen LogP contribution in [0.1, 0.15) is 18.4 Å². The molecule has 2 aromatic carbocycles. The molecule has 11 nitrogen and oxygen atoms in total. The van der Waals surface area contributed by atoms with Gasteiger partial charge in [-0.3, -0.25) is 19.7 Å². The quantitative estimate of drug-likeness (QED) is 0.305. The topological polar surface area (TPSA) is 106 Å². The average molecular weight is 549 g/mol. The van der Waals surface area contributed by atoms with E-state index in [2.05, 4.69) is 14.9 Å². The molecule has 0 N–H and O–H groups in total. The van der Waals surface area contributed by atoms with Crippen LogP contribution in [0.4, 0.5) is 16.2 Å². The number of hydrogen-bond donors (Lipinski definition) is 0. The van der Waals surface area contributed by atoms with Gasteiger partial charge in [-0.1, -0.05) is 30.3 Å². The molecule has 0 unspecified atom stereocenters. The molecule has 212 valence electrons. The molecule has 3 heterocycles. The number of methoxy groups -OCH3 is 1. The molecule has 0 bridgehead atoms. The summed E-state index contributed by atoms with van der Waals surface area (Å²) in [5.41, 5.74) is 3.49. The lowest BCUT2D eigenvalue weighted by molar-refractivity contribution is -0.385. The number of benzene rings is 2. The summed E-state index contributed by atoms with van der Waals surface area (Å²) in [6.07, 6.45) is 5.40. The van der Waals surface area contributed by atoms with Gasteiger partial charge in [0.05, 0.1) is 18.2 Å². The highest BCUT2D eigenvalue weighted by atomic mass is 16.6. The summed E-state index contributed by atoms with van der Waals surface area (Å²) in [5, 5.41) is 16.0. The number of piperidine rings is 1. The van der Waals surface area contributed by atoms with Gasteiger partial charge in [-0.25, -0.2) is 4.79 Å². The Hall–Kier alpha value is -4.12. The van der Waals surface area contributed by atoms with Gasteiger partial charge in [-0.05, 0) is 24.3 Å². The molecule has 0 saturated carbocycles. The Kier molecular flexibility index (Phi) is 8.49. The number of hydrogen-bond acceptors (Lipinski definition) is 8. The van der Waals surface area contributed by atoms with Gasteiger partial charge in [0.25, 0.3) is 0 Å². The summed E-state index contributed by atoms with van der Waals surface area (Å²) in [6, 6.07) is 13.1. The highest BCUT2D eigenvalue weighted by Crippen LogP contribution is 2.41. The molecule has 3 aromatic rings. The Labute approximate surface area is 234 Å². The molecule has 0 atom stereocenters. The number of ether oxygens (including phenoxy) is 2. The third kappa shape index (κ3) is 6.36. The van der Waals surface area contributed by atoms with Gasteiger partial charge in [0, 0.05) is 88.0 Å². The molecule has 11 heteroatoms. The average Bonchev–Trinajstić information content (AvgIpc) is 3.42. The van der Waals surface area contributed by atoms with Gasteiger partial charge in [-0.15, -0.1) is 0 Å². The van der Waals surface area contributed by atoms with E-state index in [4.69, 9.17) is 9.47 Å². The van der Waals surface area contributed by atoms with Crippen LogP contribution in [0.5, 0.6) is 5.75 Å². The minimum Gasteiger partial charge on any atom is -0.490 e. The number of carbonyl (C=O) groups is 1. The second-order valence-corrected chi connectivity index (χ2v) is 10.5. The van der Waals surface area contributed by atoms with Crippen LogP contribution in [-0.4, -0.2) is 83.5 Å². The van der Waals surface area contributed by atoms with Gasteiger partial charge in [0.1, 0.15) is 6.61 Å². The minimum atomic E-state index is -0.405. The molecule has 0 aliphatic carbocycles. The first-order valence-electron chi connectivity index (χ1n) is 13.7. The molecule has 2 aliphatic rings. The van der Waals surface area contributed by atoms with Crippen LogP contribution in [0.3, 0.4) is 0 Å². The number of nitrogens with zero attached hydrogens (tertiary/aromatic N) is 6. The van der Waals surface area contributed by atoms with E-state index < -0.39 is 4.92 Å². The number of nitro groups is 1. The van der Waals surface area contributed by atoms with E-state index in [-0.39, 0.29) is 17.5 Å². The smallest absolute Gasteiger partial charge is 0.410 e. The molecule has 2 fully saturated rings. The largest absolute Gasteiger partial charge is 0.490 e. The molecule has 0 spiro atoms. The van der Waals surface area contributed by atoms with Crippen molar-refractivity contribution >= 4 is 17.5 Å². The summed E-state index contributed by atoms with van der Waals surface area (Å²) < 4.78 is 12.6. The Bertz CT molecular complexity index is 1310. The third-order valence-corrected chi connectivity index (χ3v) is 7.82. The molecule has 5 rings (SSSR count). The molecule has 1 amide bonds. The highest BCUT2D eigenvalue weighted by Gasteiger charge is 2.29. The van der Waals surface area contributed by atoms with Crippen LogP contribution >= 0.6 is 0 Å². The van der Waals surface area contributed by atoms with E-state index in [9.17, 15) is 14.9 Å². The molecular formula is C29H36N6O5. The Morgan fingerprint density at radius 2 is 1.80 bits per heavy atom. The summed E-state index contributed by atoms with van der Waals surface area (Å²) in [5.74, 6) is 0.810. The van der Waals surface area contributed by atoms with Crippen LogP contribution in [0.2, 0.25) is 0 Å². The zero-order valence-corrected chi connectivity index (χ0v) is 23.1. The van der Waals surface area contributed by atoms with Crippen molar-refractivity contribution in [2.45, 2.75) is 19.4 Å². The van der Waals surface area contributed by atoms with Crippen molar-refractivity contribution in [2.24, 2.45) is 13.0 Å². The number of rotatable bonds is 8. The van der Waals surface area contributed by atoms with E-state index in [0.29, 0.717) is 25.6 Å². The van der Waals surface area contributed by atoms with Crippen molar-refractivity contribution in [1.29, 1.82) is 0 Å². The predicted molar refractivity (Wildman–Crippen MR) is 151 cm³/mol. The van der Waals surface area contributed by atoms with Crippen LogP contribution in [0, 0.1) is 16.0 Å². The molecular weight excluding hydrogens is 512 g/mol. The Balaban J connectivity index is 1.15. The Morgan fingerprint density at radius 1 is 1.07 bits per heavy atom. The second kappa shape index (κ2) is 12.4. The summed E-state index contributed by atoms with van der Waals surface area (Å²) in [4.78, 5) is 30.3. The van der Waals surface area contributed by atoms with Crippen LogP contribution in [0.25, 0.3) is 11.1 Å². The van der Waals surface area contributed by atoms with E-state index in [1.807, 2.05) is 43.6 Å². The lowest BCUT2D eigenvalue weighted by Gasteiger charge is -2.39. The van der Waals surface area contributed by atoms with E-state index in [0.717, 1.165) is 67.9 Å². The van der Waals surface area contributed by atoms with Crippen molar-refractivity contribution < 1.29 is 19.2 Å². The summed E-state index contributed by atoms with van der Waals surface area (Å²) in [7, 11) is 3.30. The van der Waals surface area contributed by atoms with Gasteiger partial charge < -0.3 is 19.3 Å². The van der Waals surface area contributed by atoms with Crippen molar-refractivity contribution in [3.05, 3.63) is 70.5 Å². The van der Waals surface area contributed by atoms with Crippen molar-refractivity contribution in [3.63, 3.8) is 0 Å². The van der Waals surface area contributed by atoms with Crippen LogP contribution in [0.15, 0.2) is 54.9 Å². The number of carbonyl (C=O) groups excluding carboxylic acids is 1. The fourth-order valence-corrected chi connectivity index (χ4v) is 5.56. The number of piperazine rings is 1. The first-order valence-corrected chi connectivity index (χ1v) is 13.7. The van der Waals surface area contributed by atoms with Gasteiger partial charge in [0.2, 0.25) is 0 Å². The highest BCUT2D eigenvalue weighted by molar-refractivity contribution is 5.82. The molecule has 0 radical (unpaired) electrons. The molecule has 2 aliphatic heterocycles. The first kappa shape index (κ1) is 27.4. The van der Waals surface area contributed by atoms with Crippen LogP contribution in [-0.2, 0) is 18.4 Å². The lowest BCUT2D eigenvalue weighted by Crippen LogP contribution is -2.50. The number of aryl methyl sites for hydroxylation is 1. The standard InChI is InChI=1S/C29H36N6O5/c1-31-20-24(18-30-31)25-16-27(35(37)38)28(39-2)17-26(25)33-10-8-22(9-11-33)19-32-12-14-34(15-13-32)29(36)40-21-23-6-4-3-5-7-23/h3-7,16-18,20,22H,8-15,19,21H2,1-2H3. The SMILES string of the molecule is COc1cc(N2CCC(CN3CCN(C(=O)OCc4ccccc4)CC3)CC2)c(-c2cnn(C)c2)cc1[N+](=O)[O-]. The predicted octanol–water partition coefficient (Wildman–Crippen LogP) is 4.17. The first-order chi connectivity index (χ1) is 19.4. The summed E-state index contributed by atoms with van der Waals surface area (Å²) >= 11 is 0. The zero-order chi connectivity index (χ0) is 28.1.